The highest BCUT2D eigenvalue weighted by atomic mass is 127. The van der Waals surface area contributed by atoms with Gasteiger partial charge in [-0.3, -0.25) is 4.79 Å². The summed E-state index contributed by atoms with van der Waals surface area (Å²) in [6.45, 7) is 5.26. The first-order chi connectivity index (χ1) is 6.74. The molecule has 5 nitrogen and oxygen atoms in total. The van der Waals surface area contributed by atoms with Crippen molar-refractivity contribution in [3.05, 3.63) is 0 Å². The number of halogens is 1. The molecule has 0 fully saturated rings. The molecule has 0 aliphatic rings. The molecule has 0 aromatic rings. The second-order valence-corrected chi connectivity index (χ2v) is 4.98. The van der Waals surface area contributed by atoms with Crippen molar-refractivity contribution in [2.45, 2.75) is 38.8 Å². The molecule has 88 valence electrons. The molecule has 2 N–H and O–H groups in total. The fourth-order valence-electron chi connectivity index (χ4n) is 0.829. The van der Waals surface area contributed by atoms with Crippen LogP contribution in [0.3, 0.4) is 0 Å². The van der Waals surface area contributed by atoms with Gasteiger partial charge in [0.1, 0.15) is 5.60 Å². The monoisotopic (exact) mass is 329 g/mol. The van der Waals surface area contributed by atoms with Crippen LogP contribution in [0.1, 0.15) is 27.2 Å². The van der Waals surface area contributed by atoms with E-state index in [1.165, 1.54) is 0 Å². The van der Waals surface area contributed by atoms with E-state index in [1.807, 2.05) is 22.6 Å². The number of carboxylic acids is 1. The third-order valence-corrected chi connectivity index (χ3v) is 2.39. The highest BCUT2D eigenvalue weighted by Crippen LogP contribution is 2.07. The lowest BCUT2D eigenvalue weighted by molar-refractivity contribution is -0.137. The Bertz CT molecular complexity index is 237. The summed E-state index contributed by atoms with van der Waals surface area (Å²) in [5.41, 5.74) is -0.566. The summed E-state index contributed by atoms with van der Waals surface area (Å²) in [6, 6.07) is -0.391. The van der Waals surface area contributed by atoms with E-state index in [4.69, 9.17) is 9.84 Å². The highest BCUT2D eigenvalue weighted by molar-refractivity contribution is 14.1. The van der Waals surface area contributed by atoms with Crippen LogP contribution in [0.4, 0.5) is 4.79 Å². The largest absolute Gasteiger partial charge is 0.481 e. The number of aliphatic carboxylic acids is 1. The standard InChI is InChI=1S/C9H16INO4/c1-9(2,3)15-8(14)11-6(5-10)4-7(12)13/h6H,4-5H2,1-3H3,(H,11,14)(H,12,13). The summed E-state index contributed by atoms with van der Waals surface area (Å²) in [6.07, 6.45) is -0.673. The smallest absolute Gasteiger partial charge is 0.407 e. The van der Waals surface area contributed by atoms with Gasteiger partial charge in [-0.25, -0.2) is 4.79 Å². The first kappa shape index (κ1) is 14.5. The number of carboxylic acid groups (broad SMARTS) is 1. The van der Waals surface area contributed by atoms with Gasteiger partial charge in [-0.2, -0.15) is 0 Å². The zero-order valence-electron chi connectivity index (χ0n) is 9.04. The number of hydrogen-bond donors (Lipinski definition) is 2. The van der Waals surface area contributed by atoms with E-state index in [1.54, 1.807) is 20.8 Å². The second-order valence-electron chi connectivity index (χ2n) is 4.10. The number of alkyl carbamates (subject to hydrolysis) is 1. The third kappa shape index (κ3) is 8.46. The number of ether oxygens (including phenoxy) is 1. The molecule has 0 spiro atoms. The van der Waals surface area contributed by atoms with Crippen LogP contribution in [0.25, 0.3) is 0 Å². The molecule has 0 aliphatic carbocycles. The van der Waals surface area contributed by atoms with Crippen LogP contribution < -0.4 is 5.32 Å². The topological polar surface area (TPSA) is 75.6 Å². The van der Waals surface area contributed by atoms with E-state index < -0.39 is 23.7 Å². The van der Waals surface area contributed by atoms with Crippen molar-refractivity contribution in [1.29, 1.82) is 0 Å². The summed E-state index contributed by atoms with van der Waals surface area (Å²) in [4.78, 5) is 21.7. The van der Waals surface area contributed by atoms with Gasteiger partial charge >= 0.3 is 12.1 Å². The number of amides is 1. The minimum atomic E-state index is -0.937. The lowest BCUT2D eigenvalue weighted by atomic mass is 10.2. The fraction of sp³-hybridized carbons (Fsp3) is 0.778. The summed E-state index contributed by atoms with van der Waals surface area (Å²) < 4.78 is 5.54. The van der Waals surface area contributed by atoms with E-state index >= 15 is 0 Å². The Morgan fingerprint density at radius 2 is 2.00 bits per heavy atom. The van der Waals surface area contributed by atoms with Crippen LogP contribution in [0.2, 0.25) is 0 Å². The van der Waals surface area contributed by atoms with Crippen molar-refractivity contribution in [1.82, 2.24) is 5.32 Å². The number of carbonyl (C=O) groups excluding carboxylic acids is 1. The first-order valence-corrected chi connectivity index (χ1v) is 6.04. The van der Waals surface area contributed by atoms with Crippen molar-refractivity contribution < 1.29 is 19.4 Å². The number of rotatable bonds is 4. The van der Waals surface area contributed by atoms with Gasteiger partial charge in [0.25, 0.3) is 0 Å². The van der Waals surface area contributed by atoms with Gasteiger partial charge in [-0.15, -0.1) is 0 Å². The van der Waals surface area contributed by atoms with Gasteiger partial charge in [-0.05, 0) is 20.8 Å². The Balaban J connectivity index is 4.07. The molecular weight excluding hydrogens is 313 g/mol. The van der Waals surface area contributed by atoms with Crippen LogP contribution in [-0.4, -0.2) is 33.2 Å². The van der Waals surface area contributed by atoms with E-state index in [2.05, 4.69) is 5.32 Å². The molecule has 0 saturated carbocycles. The predicted molar refractivity (Wildman–Crippen MR) is 64.3 cm³/mol. The van der Waals surface area contributed by atoms with Crippen LogP contribution >= 0.6 is 22.6 Å². The van der Waals surface area contributed by atoms with Gasteiger partial charge in [0, 0.05) is 4.43 Å². The quantitative estimate of drug-likeness (QED) is 0.609. The maximum atomic E-state index is 11.3. The maximum Gasteiger partial charge on any atom is 0.407 e. The van der Waals surface area contributed by atoms with Crippen molar-refractivity contribution in [3.8, 4) is 0 Å². The molecule has 0 rings (SSSR count). The number of nitrogens with one attached hydrogen (secondary N) is 1. The van der Waals surface area contributed by atoms with Crippen LogP contribution in [0.5, 0.6) is 0 Å². The van der Waals surface area contributed by atoms with E-state index in [-0.39, 0.29) is 6.42 Å². The van der Waals surface area contributed by atoms with Crippen molar-refractivity contribution in [2.24, 2.45) is 0 Å². The van der Waals surface area contributed by atoms with Gasteiger partial charge < -0.3 is 15.2 Å². The molecule has 0 radical (unpaired) electrons. The number of carbonyl (C=O) groups is 2. The molecule has 0 heterocycles. The normalized spacial score (nSPS) is 13.1. The third-order valence-electron chi connectivity index (χ3n) is 1.33. The van der Waals surface area contributed by atoms with Gasteiger partial charge in [0.05, 0.1) is 12.5 Å². The van der Waals surface area contributed by atoms with Gasteiger partial charge in [0.2, 0.25) is 0 Å². The van der Waals surface area contributed by atoms with E-state index in [0.717, 1.165) is 0 Å². The average molecular weight is 329 g/mol. The molecule has 15 heavy (non-hydrogen) atoms. The Kier molecular flexibility index (Phi) is 5.92. The van der Waals surface area contributed by atoms with Crippen molar-refractivity contribution >= 4 is 34.7 Å². The lowest BCUT2D eigenvalue weighted by Gasteiger charge is -2.22. The van der Waals surface area contributed by atoms with Crippen LogP contribution in [0.15, 0.2) is 0 Å². The highest BCUT2D eigenvalue weighted by Gasteiger charge is 2.20. The molecule has 1 amide bonds. The first-order valence-electron chi connectivity index (χ1n) is 4.52. The minimum absolute atomic E-state index is 0.0951. The fourth-order valence-corrected chi connectivity index (χ4v) is 1.36. The average Bonchev–Trinajstić information content (AvgIpc) is 1.98. The van der Waals surface area contributed by atoms with Crippen molar-refractivity contribution in [3.63, 3.8) is 0 Å². The second kappa shape index (κ2) is 6.14. The number of alkyl halides is 1. The van der Waals surface area contributed by atoms with Crippen molar-refractivity contribution in [2.75, 3.05) is 4.43 Å². The molecular formula is C9H16INO4. The summed E-state index contributed by atoms with van der Waals surface area (Å²) >= 11 is 2.02. The molecule has 1 atom stereocenters. The maximum absolute atomic E-state index is 11.3. The van der Waals surface area contributed by atoms with Crippen LogP contribution in [0, 0.1) is 0 Å². The Labute approximate surface area is 103 Å². The van der Waals surface area contributed by atoms with E-state index in [0.29, 0.717) is 4.43 Å². The summed E-state index contributed by atoms with van der Waals surface area (Å²) in [5, 5.41) is 11.1. The Morgan fingerprint density at radius 1 is 1.47 bits per heavy atom. The summed E-state index contributed by atoms with van der Waals surface area (Å²) in [7, 11) is 0. The predicted octanol–water partition coefficient (Wildman–Crippen LogP) is 1.79. The molecule has 0 aromatic carbocycles. The SMILES string of the molecule is CC(C)(C)OC(=O)NC(CI)CC(=O)O. The summed E-state index contributed by atoms with van der Waals surface area (Å²) in [5.74, 6) is -0.937. The van der Waals surface area contributed by atoms with E-state index in [9.17, 15) is 9.59 Å². The van der Waals surface area contributed by atoms with Gasteiger partial charge in [0.15, 0.2) is 0 Å². The molecule has 0 aliphatic heterocycles. The Hall–Kier alpha value is -0.530. The minimum Gasteiger partial charge on any atom is -0.481 e. The molecule has 1 unspecified atom stereocenters. The lowest BCUT2D eigenvalue weighted by Crippen LogP contribution is -2.41. The molecule has 0 aromatic heterocycles. The zero-order chi connectivity index (χ0) is 12.1. The molecule has 6 heteroatoms. The molecule has 0 saturated heterocycles. The Morgan fingerprint density at radius 3 is 2.33 bits per heavy atom. The van der Waals surface area contributed by atoms with Crippen LogP contribution in [-0.2, 0) is 9.53 Å². The zero-order valence-corrected chi connectivity index (χ0v) is 11.2. The van der Waals surface area contributed by atoms with Gasteiger partial charge in [-0.1, -0.05) is 22.6 Å². The molecule has 0 bridgehead atoms. The number of hydrogen-bond acceptors (Lipinski definition) is 3.